The molecule has 3 aromatic rings. The van der Waals surface area contributed by atoms with Gasteiger partial charge in [0.1, 0.15) is 25.3 Å². The van der Waals surface area contributed by atoms with Crippen LogP contribution >= 0.6 is 0 Å². The third-order valence-corrected chi connectivity index (χ3v) is 9.26. The quantitative estimate of drug-likeness (QED) is 0.0434. The molecule has 0 aliphatic rings. The fourth-order valence-electron chi connectivity index (χ4n) is 5.83. The molecule has 0 aliphatic heterocycles. The number of aliphatic hydroxyl groups excluding tert-OH is 1. The number of aromatic nitrogens is 1. The van der Waals surface area contributed by atoms with Crippen LogP contribution < -0.4 is 21.4 Å². The first kappa shape index (κ1) is 34.1. The molecule has 4 amide bonds. The number of benzene rings is 2. The maximum Gasteiger partial charge on any atom is 0.407 e. The van der Waals surface area contributed by atoms with Crippen LogP contribution in [-0.4, -0.2) is 163 Å². The maximum atomic E-state index is 15.1. The Labute approximate surface area is 435 Å². The molecule has 0 saturated carbocycles. The second-order valence-electron chi connectivity index (χ2n) is 14.8. The Bertz CT molecular complexity index is 2570. The highest BCUT2D eigenvalue weighted by Gasteiger charge is 2.37. The number of hydrogen-bond acceptors (Lipinski definition) is 15. The predicted octanol–water partition coefficient (Wildman–Crippen LogP) is 4.31. The fourth-order valence-corrected chi connectivity index (χ4v) is 5.83. The van der Waals surface area contributed by atoms with Gasteiger partial charge in [-0.25, -0.2) is 14.6 Å². The summed E-state index contributed by atoms with van der Waals surface area (Å²) in [5, 5.41) is 18.5. The summed E-state index contributed by atoms with van der Waals surface area (Å²) in [6.45, 7) is -31.0. The number of methoxy groups -OCH3 is 2. The first-order valence-corrected chi connectivity index (χ1v) is 21.6. The van der Waals surface area contributed by atoms with Gasteiger partial charge in [-0.1, -0.05) is 102 Å². The monoisotopic (exact) mass is 989 g/mol. The molecule has 0 fully saturated rings. The highest BCUT2D eigenvalue weighted by molar-refractivity contribution is 5.87. The van der Waals surface area contributed by atoms with Crippen LogP contribution in [0.4, 0.5) is 9.59 Å². The molecule has 0 aliphatic carbocycles. The van der Waals surface area contributed by atoms with E-state index in [1.807, 2.05) is 5.43 Å². The van der Waals surface area contributed by atoms with Crippen LogP contribution in [0.2, 0.25) is 0 Å². The Kier molecular flexibility index (Phi) is 15.7. The molecular weight excluding hydrogens is 893 g/mol. The first-order valence-electron chi connectivity index (χ1n) is 31.6. The van der Waals surface area contributed by atoms with Gasteiger partial charge in [-0.2, -0.15) is 0 Å². The van der Waals surface area contributed by atoms with E-state index in [1.54, 1.807) is 28.8 Å². The fraction of sp³-hybridized carbons (Fsp3) is 0.580. The van der Waals surface area contributed by atoms with Gasteiger partial charge < -0.3 is 59.0 Å². The molecule has 1 aromatic heterocycles. The molecular formula is C50H76N6O13. The standard InChI is InChI=1S/C50H76N6O13/c1-49(2,3)43(53-47(60)68-32-30-66-28-26-64-24-22-62-7)45(58)52-41(34-37-14-10-9-11-15-37)42(57)36-56(35-38-17-19-39(20-18-38)40-16-12-13-21-51-40)55-46(59)44(50(4,5)6)54-48(61)69-33-31-67-29-27-65-25-23-63-8/h9-21,41-44,57H,22-36H2,1-8H3,(H,52,58)(H,53,60)(H,54,61)(H,55,59)/t41-,42-,43+,44+/m0/s1/i1D3,2D3,3D3,4D3,5D3,6D3,35D2. The number of hydrogen-bond donors (Lipinski definition) is 5. The molecule has 0 saturated heterocycles. The highest BCUT2D eigenvalue weighted by Crippen LogP contribution is 2.23. The summed E-state index contributed by atoms with van der Waals surface area (Å²) in [4.78, 5) is 61.5. The van der Waals surface area contributed by atoms with Crippen LogP contribution in [0, 0.1) is 10.8 Å². The lowest BCUT2D eigenvalue weighted by Crippen LogP contribution is -2.61. The highest BCUT2D eigenvalue weighted by atomic mass is 16.6. The number of carbonyl (C=O) groups excluding carboxylic acids is 4. The topological polar surface area (TPSA) is 227 Å². The zero-order valence-electron chi connectivity index (χ0n) is 58.5. The van der Waals surface area contributed by atoms with Crippen LogP contribution in [0.1, 0.15) is 79.7 Å². The van der Waals surface area contributed by atoms with Crippen molar-refractivity contribution in [2.45, 2.75) is 78.3 Å². The minimum Gasteiger partial charge on any atom is -0.447 e. The SMILES string of the molecule is [2H]C([2H])(c1ccc(-c2ccccn2)cc1)N(C[C@H](O)[C@H](Cc1ccccc1)NC(=O)[C@@H](NC(=O)OCCOCCOCCOC)C(C([2H])([2H])[2H])(C([2H])([2H])[2H])C([2H])([2H])[2H])NC(=O)[C@@H](NC(=O)OCCOCCOCCOC)C(C([2H])([2H])[2H])(C([2H])([2H])[2H])C([2H])([2H])[2H]. The number of nitrogens with zero attached hydrogens (tertiary/aromatic N) is 2. The number of carbonyl (C=O) groups is 4. The Morgan fingerprint density at radius 3 is 1.61 bits per heavy atom. The number of aliphatic hydroxyl groups is 1. The first-order chi connectivity index (χ1) is 41.3. The molecule has 384 valence electrons. The van der Waals surface area contributed by atoms with Crippen molar-refractivity contribution in [3.05, 3.63) is 90.1 Å². The van der Waals surface area contributed by atoms with Crippen molar-refractivity contribution in [3.63, 3.8) is 0 Å². The van der Waals surface area contributed by atoms with Crippen molar-refractivity contribution < 1.29 is 89.6 Å². The summed E-state index contributed by atoms with van der Waals surface area (Å²) in [6.07, 6.45) is -5.08. The molecule has 0 radical (unpaired) electrons. The van der Waals surface area contributed by atoms with E-state index in [0.717, 1.165) is 12.1 Å². The van der Waals surface area contributed by atoms with E-state index < -0.39 is 138 Å². The van der Waals surface area contributed by atoms with Crippen LogP contribution in [0.15, 0.2) is 79.0 Å². The maximum absolute atomic E-state index is 15.1. The third-order valence-electron chi connectivity index (χ3n) is 9.26. The van der Waals surface area contributed by atoms with Crippen molar-refractivity contribution in [3.8, 4) is 11.3 Å². The zero-order chi connectivity index (χ0) is 67.3. The smallest absolute Gasteiger partial charge is 0.407 e. The van der Waals surface area contributed by atoms with E-state index >= 15 is 9.59 Å². The second-order valence-corrected chi connectivity index (χ2v) is 14.8. The number of amides is 4. The minimum atomic E-state index is -4.28. The molecule has 19 nitrogen and oxygen atoms in total. The number of rotatable bonds is 32. The Morgan fingerprint density at radius 2 is 1.12 bits per heavy atom. The lowest BCUT2D eigenvalue weighted by atomic mass is 9.85. The van der Waals surface area contributed by atoms with Crippen LogP contribution in [0.3, 0.4) is 0 Å². The Morgan fingerprint density at radius 1 is 0.623 bits per heavy atom. The van der Waals surface area contributed by atoms with Gasteiger partial charge in [0.15, 0.2) is 0 Å². The van der Waals surface area contributed by atoms with Gasteiger partial charge in [-0.3, -0.25) is 20.0 Å². The summed E-state index contributed by atoms with van der Waals surface area (Å²) in [5.41, 5.74) is -5.96. The summed E-state index contributed by atoms with van der Waals surface area (Å²) >= 11 is 0. The molecule has 5 N–H and O–H groups in total. The third kappa shape index (κ3) is 23.7. The lowest BCUT2D eigenvalue weighted by molar-refractivity contribution is -0.132. The van der Waals surface area contributed by atoms with Gasteiger partial charge in [0, 0.05) is 63.7 Å². The van der Waals surface area contributed by atoms with E-state index in [0.29, 0.717) is 11.3 Å². The summed E-state index contributed by atoms with van der Waals surface area (Å²) in [6, 6.07) is 8.80. The van der Waals surface area contributed by atoms with Gasteiger partial charge in [-0.05, 0) is 40.5 Å². The summed E-state index contributed by atoms with van der Waals surface area (Å²) in [7, 11) is 2.91. The molecule has 3 rings (SSSR count). The number of hydrazine groups is 1. The van der Waals surface area contributed by atoms with Gasteiger partial charge in [0.05, 0.1) is 86.7 Å². The molecule has 0 spiro atoms. The average Bonchev–Trinajstić information content (AvgIpc) is 0.731. The molecule has 19 heteroatoms. The van der Waals surface area contributed by atoms with E-state index in [4.69, 9.17) is 62.6 Å². The van der Waals surface area contributed by atoms with Gasteiger partial charge in [0.2, 0.25) is 5.91 Å². The average molecular weight is 989 g/mol. The van der Waals surface area contributed by atoms with Crippen molar-refractivity contribution in [1.29, 1.82) is 0 Å². The number of ether oxygens (including phenoxy) is 8. The zero-order valence-corrected chi connectivity index (χ0v) is 38.5. The Balaban J connectivity index is 2.31. The van der Waals surface area contributed by atoms with E-state index in [9.17, 15) is 17.4 Å². The van der Waals surface area contributed by atoms with E-state index in [2.05, 4.69) is 10.3 Å². The predicted molar refractivity (Wildman–Crippen MR) is 259 cm³/mol. The largest absolute Gasteiger partial charge is 0.447 e. The molecule has 69 heavy (non-hydrogen) atoms. The molecule has 1 heterocycles. The van der Waals surface area contributed by atoms with Gasteiger partial charge in [-0.15, -0.1) is 0 Å². The lowest BCUT2D eigenvalue weighted by Gasteiger charge is -2.36. The minimum absolute atomic E-state index is 0.0319. The van der Waals surface area contributed by atoms with Crippen LogP contribution in [-0.2, 0) is 60.4 Å². The molecule has 4 atom stereocenters. The second kappa shape index (κ2) is 31.8. The molecule has 2 aromatic carbocycles. The number of nitrogens with one attached hydrogen (secondary N) is 4. The van der Waals surface area contributed by atoms with Crippen molar-refractivity contribution in [2.75, 3.05) is 100 Å². The van der Waals surface area contributed by atoms with Gasteiger partial charge in [0.25, 0.3) is 5.91 Å². The summed E-state index contributed by atoms with van der Waals surface area (Å²) < 4.78 is 212. The van der Waals surface area contributed by atoms with Crippen LogP contribution in [0.25, 0.3) is 11.3 Å². The Hall–Kier alpha value is -5.25. The van der Waals surface area contributed by atoms with Crippen LogP contribution in [0.5, 0.6) is 0 Å². The number of alkyl carbamates (subject to hydrolysis) is 2. The molecule has 0 bridgehead atoms. The summed E-state index contributed by atoms with van der Waals surface area (Å²) in [5.74, 6) is -3.97. The van der Waals surface area contributed by atoms with Crippen molar-refractivity contribution >= 4 is 24.0 Å². The molecule has 0 unspecified atom stereocenters. The van der Waals surface area contributed by atoms with Crippen molar-refractivity contribution in [1.82, 2.24) is 31.4 Å². The van der Waals surface area contributed by atoms with Crippen molar-refractivity contribution in [2.24, 2.45) is 10.8 Å². The normalized spacial score (nSPS) is 19.1. The van der Waals surface area contributed by atoms with E-state index in [1.165, 1.54) is 62.9 Å². The van der Waals surface area contributed by atoms with E-state index in [-0.39, 0.29) is 76.6 Å². The van der Waals surface area contributed by atoms with Gasteiger partial charge >= 0.3 is 12.2 Å². The number of pyridine rings is 1.